The van der Waals surface area contributed by atoms with E-state index in [0.717, 1.165) is 18.6 Å². The van der Waals surface area contributed by atoms with Crippen molar-refractivity contribution in [3.05, 3.63) is 0 Å². The Kier molecular flexibility index (Phi) is 17.0. The van der Waals surface area contributed by atoms with Crippen molar-refractivity contribution in [3.63, 3.8) is 0 Å². The van der Waals surface area contributed by atoms with Crippen LogP contribution in [0.1, 0.15) is 104 Å². The second-order valence-electron chi connectivity index (χ2n) is 9.93. The van der Waals surface area contributed by atoms with E-state index >= 15 is 0 Å². The molecule has 35 heavy (non-hydrogen) atoms. The first-order chi connectivity index (χ1) is 16.7. The van der Waals surface area contributed by atoms with Gasteiger partial charge in [0.05, 0.1) is 12.0 Å². The number of carboxylic acids is 1. The fraction of sp³-hybridized carbons (Fsp3) is 0.846. The summed E-state index contributed by atoms with van der Waals surface area (Å²) < 4.78 is 6.09. The molecule has 9 heteroatoms. The lowest BCUT2D eigenvalue weighted by molar-refractivity contribution is -0.149. The van der Waals surface area contributed by atoms with E-state index in [-0.39, 0.29) is 18.9 Å². The molecule has 202 valence electrons. The smallest absolute Gasteiger partial charge is 0.319 e. The van der Waals surface area contributed by atoms with Gasteiger partial charge in [-0.05, 0) is 38.9 Å². The van der Waals surface area contributed by atoms with Crippen LogP contribution in [0.5, 0.6) is 0 Å². The van der Waals surface area contributed by atoms with Crippen LogP contribution in [0, 0.1) is 5.41 Å². The molecular formula is C26H45NO5S3. The van der Waals surface area contributed by atoms with Crippen molar-refractivity contribution in [2.24, 2.45) is 5.41 Å². The summed E-state index contributed by atoms with van der Waals surface area (Å²) in [6, 6.07) is 0. The van der Waals surface area contributed by atoms with Crippen molar-refractivity contribution >= 4 is 57.1 Å². The highest BCUT2D eigenvalue weighted by molar-refractivity contribution is 8.47. The largest absolute Gasteiger partial charge is 0.481 e. The van der Waals surface area contributed by atoms with Gasteiger partial charge in [-0.3, -0.25) is 14.4 Å². The molecule has 1 fully saturated rings. The summed E-state index contributed by atoms with van der Waals surface area (Å²) in [5, 5.41) is 8.85. The Morgan fingerprint density at radius 3 is 2.23 bits per heavy atom. The number of esters is 1. The number of carbonyl (C=O) groups excluding carboxylic acids is 2. The SMILES string of the molecule is CCCCCCCCCCCCSC(=S)SC(CC(C)(C)C(=O)O)C(=O)OCCN1CCCC1=O. The predicted octanol–water partition coefficient (Wildman–Crippen LogP) is 6.69. The molecule has 1 heterocycles. The topological polar surface area (TPSA) is 83.9 Å². The fourth-order valence-corrected chi connectivity index (χ4v) is 6.79. The van der Waals surface area contributed by atoms with Crippen molar-refractivity contribution < 1.29 is 24.2 Å². The van der Waals surface area contributed by atoms with Crippen LogP contribution in [0.3, 0.4) is 0 Å². The van der Waals surface area contributed by atoms with E-state index < -0.39 is 22.6 Å². The van der Waals surface area contributed by atoms with Gasteiger partial charge in [0.1, 0.15) is 15.4 Å². The molecule has 0 aliphatic carbocycles. The van der Waals surface area contributed by atoms with E-state index in [9.17, 15) is 19.5 Å². The Balaban J connectivity index is 2.35. The molecule has 1 saturated heterocycles. The van der Waals surface area contributed by atoms with E-state index in [1.807, 2.05) is 0 Å². The summed E-state index contributed by atoms with van der Waals surface area (Å²) in [7, 11) is 0. The lowest BCUT2D eigenvalue weighted by atomic mass is 9.88. The van der Waals surface area contributed by atoms with Crippen molar-refractivity contribution in [2.75, 3.05) is 25.4 Å². The average Bonchev–Trinajstić information content (AvgIpc) is 3.21. The molecule has 1 amide bonds. The fourth-order valence-electron chi connectivity index (χ4n) is 3.91. The van der Waals surface area contributed by atoms with Gasteiger partial charge in [0.25, 0.3) is 0 Å². The quantitative estimate of drug-likeness (QED) is 0.109. The van der Waals surface area contributed by atoms with E-state index in [1.165, 1.54) is 69.5 Å². The molecule has 0 aromatic carbocycles. The number of unbranched alkanes of at least 4 members (excludes halogenated alkanes) is 9. The molecule has 6 nitrogen and oxygen atoms in total. The van der Waals surface area contributed by atoms with E-state index in [4.69, 9.17) is 17.0 Å². The lowest BCUT2D eigenvalue weighted by Gasteiger charge is -2.25. The maximum atomic E-state index is 12.8. The first kappa shape index (κ1) is 32.2. The zero-order chi connectivity index (χ0) is 26.1. The standard InChI is InChI=1S/C26H45NO5S3/c1-4-5-6-7-8-9-10-11-12-13-19-34-25(33)35-21(20-26(2,3)24(30)31)23(29)32-18-17-27-16-14-15-22(27)28/h21H,4-20H2,1-3H3,(H,30,31). The Morgan fingerprint density at radius 1 is 1.09 bits per heavy atom. The van der Waals surface area contributed by atoms with Crippen LogP contribution in [-0.4, -0.2) is 62.1 Å². The third-order valence-electron chi connectivity index (χ3n) is 6.27. The number of aliphatic carboxylic acids is 1. The van der Waals surface area contributed by atoms with Gasteiger partial charge in [0, 0.05) is 13.0 Å². The molecule has 1 aliphatic heterocycles. The monoisotopic (exact) mass is 547 g/mol. The molecule has 1 unspecified atom stereocenters. The molecule has 1 aliphatic rings. The molecule has 0 aromatic rings. The Labute approximate surface area is 226 Å². The van der Waals surface area contributed by atoms with Crippen LogP contribution in [0.15, 0.2) is 0 Å². The minimum atomic E-state index is -1.07. The molecule has 0 radical (unpaired) electrons. The van der Waals surface area contributed by atoms with Gasteiger partial charge in [-0.15, -0.1) is 11.8 Å². The molecule has 1 N–H and O–H groups in total. The maximum Gasteiger partial charge on any atom is 0.319 e. The van der Waals surface area contributed by atoms with Crippen LogP contribution in [0.25, 0.3) is 0 Å². The highest BCUT2D eigenvalue weighted by atomic mass is 32.2. The van der Waals surface area contributed by atoms with Crippen LogP contribution in [-0.2, 0) is 19.1 Å². The lowest BCUT2D eigenvalue weighted by Crippen LogP contribution is -2.34. The minimum absolute atomic E-state index is 0.0866. The van der Waals surface area contributed by atoms with Crippen molar-refractivity contribution in [1.82, 2.24) is 4.90 Å². The second kappa shape index (κ2) is 18.4. The van der Waals surface area contributed by atoms with Crippen LogP contribution >= 0.6 is 35.7 Å². The first-order valence-corrected chi connectivity index (χ1v) is 15.5. The number of ether oxygens (including phenoxy) is 1. The Hall–Kier alpha value is -0.800. The van der Waals surface area contributed by atoms with E-state index in [0.29, 0.717) is 23.0 Å². The average molecular weight is 548 g/mol. The molecule has 0 saturated carbocycles. The maximum absolute atomic E-state index is 12.8. The highest BCUT2D eigenvalue weighted by Gasteiger charge is 2.36. The normalized spacial score (nSPS) is 14.8. The molecule has 0 aromatic heterocycles. The first-order valence-electron chi connectivity index (χ1n) is 13.2. The van der Waals surface area contributed by atoms with Gasteiger partial charge in [-0.2, -0.15) is 0 Å². The molecule has 1 atom stereocenters. The van der Waals surface area contributed by atoms with Gasteiger partial charge in [-0.1, -0.05) is 88.7 Å². The number of nitrogens with zero attached hydrogens (tertiary/aromatic N) is 1. The van der Waals surface area contributed by atoms with Gasteiger partial charge >= 0.3 is 11.9 Å². The number of hydrogen-bond donors (Lipinski definition) is 1. The Morgan fingerprint density at radius 2 is 1.69 bits per heavy atom. The zero-order valence-corrected chi connectivity index (χ0v) is 24.3. The summed E-state index contributed by atoms with van der Waals surface area (Å²) in [6.45, 7) is 6.65. The minimum Gasteiger partial charge on any atom is -0.481 e. The summed E-state index contributed by atoms with van der Waals surface area (Å²) in [5.41, 5.74) is -1.07. The number of amides is 1. The summed E-state index contributed by atoms with van der Waals surface area (Å²) in [6.07, 6.45) is 14.3. The van der Waals surface area contributed by atoms with Gasteiger partial charge in [-0.25, -0.2) is 0 Å². The van der Waals surface area contributed by atoms with Crippen LogP contribution in [0.2, 0.25) is 0 Å². The van der Waals surface area contributed by atoms with Crippen molar-refractivity contribution in [2.45, 2.75) is 109 Å². The molecule has 0 spiro atoms. The highest BCUT2D eigenvalue weighted by Crippen LogP contribution is 2.33. The number of carboxylic acid groups (broad SMARTS) is 1. The van der Waals surface area contributed by atoms with E-state index in [1.54, 1.807) is 30.5 Å². The number of thioether (sulfide) groups is 2. The van der Waals surface area contributed by atoms with Gasteiger partial charge < -0.3 is 14.7 Å². The molecular weight excluding hydrogens is 502 g/mol. The van der Waals surface area contributed by atoms with Gasteiger partial charge in [0.2, 0.25) is 5.91 Å². The second-order valence-corrected chi connectivity index (χ2v) is 13.4. The number of likely N-dealkylation sites (tertiary alicyclic amines) is 1. The van der Waals surface area contributed by atoms with E-state index in [2.05, 4.69) is 6.92 Å². The third kappa shape index (κ3) is 14.5. The van der Waals surface area contributed by atoms with Crippen molar-refractivity contribution in [3.8, 4) is 0 Å². The predicted molar refractivity (Wildman–Crippen MR) is 151 cm³/mol. The number of carbonyl (C=O) groups is 3. The number of hydrogen-bond acceptors (Lipinski definition) is 7. The van der Waals surface area contributed by atoms with Gasteiger partial charge in [0.15, 0.2) is 0 Å². The summed E-state index contributed by atoms with van der Waals surface area (Å²) >= 11 is 8.31. The van der Waals surface area contributed by atoms with Crippen LogP contribution in [0.4, 0.5) is 0 Å². The zero-order valence-electron chi connectivity index (χ0n) is 21.9. The van der Waals surface area contributed by atoms with Crippen LogP contribution < -0.4 is 0 Å². The summed E-state index contributed by atoms with van der Waals surface area (Å²) in [4.78, 5) is 37.8. The number of thiocarbonyl (C=S) groups is 1. The summed E-state index contributed by atoms with van der Waals surface area (Å²) in [5.74, 6) is -0.423. The molecule has 1 rings (SSSR count). The molecule has 0 bridgehead atoms. The number of rotatable bonds is 19. The van der Waals surface area contributed by atoms with Crippen molar-refractivity contribution in [1.29, 1.82) is 0 Å². The third-order valence-corrected chi connectivity index (χ3v) is 9.12. The Bertz CT molecular complexity index is 671.